The molecule has 1 atom stereocenters. The minimum atomic E-state index is -0.978. The summed E-state index contributed by atoms with van der Waals surface area (Å²) in [7, 11) is 0. The molecule has 1 unspecified atom stereocenters. The highest BCUT2D eigenvalue weighted by Gasteiger charge is 2.44. The maximum atomic E-state index is 14.5. The first-order chi connectivity index (χ1) is 14.8. The third kappa shape index (κ3) is 3.74. The van der Waals surface area contributed by atoms with Gasteiger partial charge in [0.25, 0.3) is 11.8 Å². The SMILES string of the molecule is Cc1ccc(C2=C(N3CCCC(CO)C3)C(=O)N(c3ccc(F)cc3F)C2=O)cc1C. The van der Waals surface area contributed by atoms with Gasteiger partial charge in [0.05, 0.1) is 11.3 Å². The van der Waals surface area contributed by atoms with Crippen molar-refractivity contribution in [1.82, 2.24) is 4.90 Å². The van der Waals surface area contributed by atoms with E-state index in [0.29, 0.717) is 24.7 Å². The highest BCUT2D eigenvalue weighted by atomic mass is 19.1. The Bertz CT molecular complexity index is 1100. The predicted molar refractivity (Wildman–Crippen MR) is 113 cm³/mol. The highest BCUT2D eigenvalue weighted by Crippen LogP contribution is 2.37. The van der Waals surface area contributed by atoms with Gasteiger partial charge >= 0.3 is 0 Å². The summed E-state index contributed by atoms with van der Waals surface area (Å²) in [5, 5.41) is 9.62. The molecular weight excluding hydrogens is 402 g/mol. The maximum absolute atomic E-state index is 14.5. The molecule has 0 bridgehead atoms. The van der Waals surface area contributed by atoms with Crippen LogP contribution < -0.4 is 4.90 Å². The quantitative estimate of drug-likeness (QED) is 0.760. The van der Waals surface area contributed by atoms with E-state index in [4.69, 9.17) is 0 Å². The molecule has 2 aliphatic heterocycles. The summed E-state index contributed by atoms with van der Waals surface area (Å²) < 4.78 is 28.0. The van der Waals surface area contributed by atoms with Gasteiger partial charge in [-0.15, -0.1) is 0 Å². The zero-order chi connectivity index (χ0) is 22.3. The number of aliphatic hydroxyl groups is 1. The molecule has 0 radical (unpaired) electrons. The lowest BCUT2D eigenvalue weighted by Gasteiger charge is -2.34. The minimum Gasteiger partial charge on any atom is -0.396 e. The van der Waals surface area contributed by atoms with E-state index in [2.05, 4.69) is 0 Å². The second-order valence-electron chi connectivity index (χ2n) is 8.20. The Balaban J connectivity index is 1.85. The monoisotopic (exact) mass is 426 g/mol. The van der Waals surface area contributed by atoms with Crippen LogP contribution in [0, 0.1) is 31.4 Å². The number of imide groups is 1. The Morgan fingerprint density at radius 1 is 1.03 bits per heavy atom. The first kappa shape index (κ1) is 21.2. The zero-order valence-corrected chi connectivity index (χ0v) is 17.5. The maximum Gasteiger partial charge on any atom is 0.282 e. The Kier molecular flexibility index (Phi) is 5.62. The number of benzene rings is 2. The zero-order valence-electron chi connectivity index (χ0n) is 17.5. The van der Waals surface area contributed by atoms with Crippen molar-refractivity contribution < 1.29 is 23.5 Å². The molecule has 2 heterocycles. The fraction of sp³-hybridized carbons (Fsp3) is 0.333. The molecule has 7 heteroatoms. The molecule has 2 amide bonds. The van der Waals surface area contributed by atoms with Crippen molar-refractivity contribution in [2.75, 3.05) is 24.6 Å². The van der Waals surface area contributed by atoms with Crippen LogP contribution in [-0.4, -0.2) is 41.5 Å². The van der Waals surface area contributed by atoms with Gasteiger partial charge in [-0.1, -0.05) is 18.2 Å². The average Bonchev–Trinajstić information content (AvgIpc) is 3.00. The molecule has 0 saturated carbocycles. The summed E-state index contributed by atoms with van der Waals surface area (Å²) in [5.74, 6) is -3.05. The average molecular weight is 426 g/mol. The van der Waals surface area contributed by atoms with Crippen LogP contribution in [-0.2, 0) is 9.59 Å². The van der Waals surface area contributed by atoms with Crippen molar-refractivity contribution in [3.8, 4) is 0 Å². The normalized spacial score (nSPS) is 19.6. The molecule has 31 heavy (non-hydrogen) atoms. The number of hydrogen-bond acceptors (Lipinski definition) is 4. The number of carbonyl (C=O) groups is 2. The fourth-order valence-electron chi connectivity index (χ4n) is 4.27. The number of amides is 2. The molecule has 1 saturated heterocycles. The molecule has 162 valence electrons. The van der Waals surface area contributed by atoms with Crippen molar-refractivity contribution in [3.63, 3.8) is 0 Å². The number of halogens is 2. The summed E-state index contributed by atoms with van der Waals surface area (Å²) >= 11 is 0. The number of likely N-dealkylation sites (tertiary alicyclic amines) is 1. The number of piperidine rings is 1. The van der Waals surface area contributed by atoms with Crippen LogP contribution >= 0.6 is 0 Å². The van der Waals surface area contributed by atoms with Crippen molar-refractivity contribution in [2.45, 2.75) is 26.7 Å². The highest BCUT2D eigenvalue weighted by molar-refractivity contribution is 6.45. The molecule has 4 rings (SSSR count). The van der Waals surface area contributed by atoms with E-state index in [1.165, 1.54) is 0 Å². The fourth-order valence-corrected chi connectivity index (χ4v) is 4.27. The summed E-state index contributed by atoms with van der Waals surface area (Å²) in [6.07, 6.45) is 1.60. The molecule has 2 aliphatic rings. The largest absolute Gasteiger partial charge is 0.396 e. The van der Waals surface area contributed by atoms with E-state index < -0.39 is 23.4 Å². The van der Waals surface area contributed by atoms with Gasteiger partial charge in [0.1, 0.15) is 17.3 Å². The first-order valence-electron chi connectivity index (χ1n) is 10.3. The lowest BCUT2D eigenvalue weighted by molar-refractivity contribution is -0.121. The summed E-state index contributed by atoms with van der Waals surface area (Å²) in [4.78, 5) is 29.5. The molecule has 2 aromatic carbocycles. The Labute approximate surface area is 179 Å². The van der Waals surface area contributed by atoms with Gasteiger partial charge in [-0.2, -0.15) is 0 Å². The smallest absolute Gasteiger partial charge is 0.282 e. The third-order valence-corrected chi connectivity index (χ3v) is 6.10. The summed E-state index contributed by atoms with van der Waals surface area (Å²) in [6, 6.07) is 8.28. The van der Waals surface area contributed by atoms with E-state index in [1.807, 2.05) is 30.9 Å². The molecular formula is C24H24F2N2O3. The van der Waals surface area contributed by atoms with Gasteiger partial charge in [-0.05, 0) is 61.4 Å². The number of rotatable bonds is 4. The summed E-state index contributed by atoms with van der Waals surface area (Å²) in [6.45, 7) is 4.84. The van der Waals surface area contributed by atoms with Crippen LogP contribution in [0.5, 0.6) is 0 Å². The molecule has 1 fully saturated rings. The third-order valence-electron chi connectivity index (χ3n) is 6.10. The van der Waals surface area contributed by atoms with Crippen molar-refractivity contribution >= 4 is 23.1 Å². The van der Waals surface area contributed by atoms with Gasteiger partial charge in [0, 0.05) is 25.8 Å². The van der Waals surface area contributed by atoms with Crippen LogP contribution in [0.4, 0.5) is 14.5 Å². The van der Waals surface area contributed by atoms with Crippen LogP contribution in [0.15, 0.2) is 42.1 Å². The number of aliphatic hydroxyl groups excluding tert-OH is 1. The molecule has 1 N–H and O–H groups in total. The number of hydrogen-bond donors (Lipinski definition) is 1. The van der Waals surface area contributed by atoms with Crippen LogP contribution in [0.25, 0.3) is 5.57 Å². The lowest BCUT2D eigenvalue weighted by atomic mass is 9.96. The molecule has 2 aromatic rings. The molecule has 0 spiro atoms. The van der Waals surface area contributed by atoms with E-state index in [0.717, 1.165) is 41.0 Å². The van der Waals surface area contributed by atoms with E-state index in [9.17, 15) is 23.5 Å². The Hall–Kier alpha value is -3.06. The molecule has 0 aromatic heterocycles. The number of nitrogens with zero attached hydrogens (tertiary/aromatic N) is 2. The van der Waals surface area contributed by atoms with Crippen molar-refractivity contribution in [1.29, 1.82) is 0 Å². The first-order valence-corrected chi connectivity index (χ1v) is 10.3. The van der Waals surface area contributed by atoms with Gasteiger partial charge in [-0.25, -0.2) is 13.7 Å². The van der Waals surface area contributed by atoms with Gasteiger partial charge in [0.2, 0.25) is 0 Å². The van der Waals surface area contributed by atoms with Crippen LogP contribution in [0.1, 0.15) is 29.5 Å². The number of anilines is 1. The van der Waals surface area contributed by atoms with Crippen molar-refractivity contribution in [2.24, 2.45) is 5.92 Å². The lowest BCUT2D eigenvalue weighted by Crippen LogP contribution is -2.40. The van der Waals surface area contributed by atoms with Gasteiger partial charge in [0.15, 0.2) is 0 Å². The Morgan fingerprint density at radius 2 is 1.81 bits per heavy atom. The van der Waals surface area contributed by atoms with E-state index >= 15 is 0 Å². The van der Waals surface area contributed by atoms with Crippen LogP contribution in [0.2, 0.25) is 0 Å². The summed E-state index contributed by atoms with van der Waals surface area (Å²) in [5.41, 5.74) is 2.71. The van der Waals surface area contributed by atoms with Crippen molar-refractivity contribution in [3.05, 3.63) is 70.4 Å². The topological polar surface area (TPSA) is 60.9 Å². The van der Waals surface area contributed by atoms with E-state index in [-0.39, 0.29) is 29.5 Å². The second kappa shape index (κ2) is 8.23. The molecule has 0 aliphatic carbocycles. The predicted octanol–water partition coefficient (Wildman–Crippen LogP) is 3.57. The van der Waals surface area contributed by atoms with Gasteiger partial charge in [-0.3, -0.25) is 9.59 Å². The second-order valence-corrected chi connectivity index (χ2v) is 8.20. The standard InChI is InChI=1S/C24H24F2N2O3/c1-14-5-6-17(10-15(14)2)21-22(27-9-3-4-16(12-27)13-29)24(31)28(23(21)30)20-8-7-18(25)11-19(20)26/h5-8,10-11,16,29H,3-4,9,12-13H2,1-2H3. The van der Waals surface area contributed by atoms with E-state index in [1.54, 1.807) is 6.07 Å². The molecule has 5 nitrogen and oxygen atoms in total. The number of aryl methyl sites for hydroxylation is 2. The number of carbonyl (C=O) groups excluding carboxylic acids is 2. The Morgan fingerprint density at radius 3 is 2.48 bits per heavy atom. The minimum absolute atomic E-state index is 0.0123. The van der Waals surface area contributed by atoms with Gasteiger partial charge < -0.3 is 10.0 Å². The van der Waals surface area contributed by atoms with Crippen LogP contribution in [0.3, 0.4) is 0 Å².